The molecule has 1 N–H and O–H groups in total. The zero-order chi connectivity index (χ0) is 10.1. The molecule has 2 unspecified atom stereocenters. The largest absolute Gasteiger partial charge is 0.299 e. The summed E-state index contributed by atoms with van der Waals surface area (Å²) in [6.07, 6.45) is 2.51. The number of thioether (sulfide) groups is 1. The molecule has 1 nitrogen and oxygen atoms in total. The molecule has 0 spiro atoms. The van der Waals surface area contributed by atoms with Crippen molar-refractivity contribution in [3.8, 4) is 0 Å². The molecule has 1 heterocycles. The molecule has 0 aromatic carbocycles. The highest BCUT2D eigenvalue weighted by Gasteiger charge is 2.37. The van der Waals surface area contributed by atoms with Gasteiger partial charge < -0.3 is 0 Å². The minimum atomic E-state index is 0.318. The van der Waals surface area contributed by atoms with Crippen molar-refractivity contribution in [2.75, 3.05) is 5.75 Å². The van der Waals surface area contributed by atoms with Gasteiger partial charge in [0.2, 0.25) is 0 Å². The second-order valence-corrected chi connectivity index (χ2v) is 7.05. The highest BCUT2D eigenvalue weighted by atomic mass is 32.2. The Morgan fingerprint density at radius 3 is 2.46 bits per heavy atom. The molecule has 0 aromatic heterocycles. The van der Waals surface area contributed by atoms with E-state index in [0.717, 1.165) is 6.04 Å². The highest BCUT2D eigenvalue weighted by molar-refractivity contribution is 8.00. The van der Waals surface area contributed by atoms with E-state index in [-0.39, 0.29) is 0 Å². The molecule has 1 aliphatic rings. The number of rotatable bonds is 2. The van der Waals surface area contributed by atoms with E-state index in [1.54, 1.807) is 0 Å². The summed E-state index contributed by atoms with van der Waals surface area (Å²) in [6, 6.07) is 0.734. The molecular formula is C11H23NS. The molecule has 2 heteroatoms. The summed E-state index contributed by atoms with van der Waals surface area (Å²) in [5, 5.41) is 3.74. The van der Waals surface area contributed by atoms with Gasteiger partial charge in [0.05, 0.1) is 4.87 Å². The minimum absolute atomic E-state index is 0.318. The molecule has 0 aromatic rings. The third-order valence-corrected chi connectivity index (χ3v) is 3.94. The van der Waals surface area contributed by atoms with Gasteiger partial charge in [-0.3, -0.25) is 5.32 Å². The molecule has 78 valence electrons. The Balaban J connectivity index is 2.50. The van der Waals surface area contributed by atoms with Crippen molar-refractivity contribution < 1.29 is 0 Å². The number of hydrogen-bond acceptors (Lipinski definition) is 2. The normalized spacial score (nSPS) is 35.3. The van der Waals surface area contributed by atoms with Crippen LogP contribution < -0.4 is 5.32 Å². The van der Waals surface area contributed by atoms with Crippen molar-refractivity contribution in [2.45, 2.75) is 58.4 Å². The molecule has 0 bridgehead atoms. The lowest BCUT2D eigenvalue weighted by atomic mass is 9.88. The van der Waals surface area contributed by atoms with E-state index in [4.69, 9.17) is 0 Å². The highest BCUT2D eigenvalue weighted by Crippen LogP contribution is 2.39. The Bertz CT molecular complexity index is 173. The van der Waals surface area contributed by atoms with Crippen LogP contribution in [0.2, 0.25) is 0 Å². The molecule has 0 aliphatic carbocycles. The fraction of sp³-hybridized carbons (Fsp3) is 1.00. The first kappa shape index (κ1) is 11.4. The van der Waals surface area contributed by atoms with Gasteiger partial charge in [-0.05, 0) is 25.2 Å². The summed E-state index contributed by atoms with van der Waals surface area (Å²) < 4.78 is 0. The van der Waals surface area contributed by atoms with Crippen molar-refractivity contribution in [3.05, 3.63) is 0 Å². The molecular weight excluding hydrogens is 178 g/mol. The van der Waals surface area contributed by atoms with Gasteiger partial charge in [-0.1, -0.05) is 27.7 Å². The standard InChI is InChI=1S/C11H23NS/c1-6-9-7-13-11(5,12-9)8-10(2,3)4/h9,12H,6-8H2,1-5H3. The van der Waals surface area contributed by atoms with Crippen LogP contribution in [0.15, 0.2) is 0 Å². The molecule has 0 radical (unpaired) electrons. The summed E-state index contributed by atoms with van der Waals surface area (Å²) >= 11 is 2.09. The first-order valence-electron chi connectivity index (χ1n) is 5.26. The quantitative estimate of drug-likeness (QED) is 0.736. The summed E-state index contributed by atoms with van der Waals surface area (Å²) in [5.74, 6) is 1.28. The van der Waals surface area contributed by atoms with Crippen LogP contribution in [0.25, 0.3) is 0 Å². The molecule has 0 amide bonds. The van der Waals surface area contributed by atoms with Crippen LogP contribution in [0.3, 0.4) is 0 Å². The summed E-state index contributed by atoms with van der Waals surface area (Å²) in [7, 11) is 0. The van der Waals surface area contributed by atoms with Gasteiger partial charge in [-0.15, -0.1) is 11.8 Å². The number of hydrogen-bond donors (Lipinski definition) is 1. The third kappa shape index (κ3) is 3.51. The summed E-state index contributed by atoms with van der Waals surface area (Å²) in [6.45, 7) is 11.6. The van der Waals surface area contributed by atoms with Gasteiger partial charge in [0.1, 0.15) is 0 Å². The molecule has 2 atom stereocenters. The summed E-state index contributed by atoms with van der Waals surface area (Å²) in [4.78, 5) is 0.318. The van der Waals surface area contributed by atoms with E-state index in [9.17, 15) is 0 Å². The van der Waals surface area contributed by atoms with Crippen LogP contribution in [0.5, 0.6) is 0 Å². The van der Waals surface area contributed by atoms with E-state index in [0.29, 0.717) is 10.3 Å². The van der Waals surface area contributed by atoms with E-state index < -0.39 is 0 Å². The number of nitrogens with one attached hydrogen (secondary N) is 1. The van der Waals surface area contributed by atoms with E-state index in [1.165, 1.54) is 18.6 Å². The van der Waals surface area contributed by atoms with Crippen molar-refractivity contribution >= 4 is 11.8 Å². The second-order valence-electron chi connectivity index (χ2n) is 5.53. The Morgan fingerprint density at radius 1 is 1.46 bits per heavy atom. The fourth-order valence-corrected chi connectivity index (χ4v) is 3.81. The van der Waals surface area contributed by atoms with E-state index in [2.05, 4.69) is 51.7 Å². The smallest absolute Gasteiger partial charge is 0.0624 e. The topological polar surface area (TPSA) is 12.0 Å². The molecule has 0 saturated carbocycles. The van der Waals surface area contributed by atoms with Gasteiger partial charge in [0.25, 0.3) is 0 Å². The summed E-state index contributed by atoms with van der Waals surface area (Å²) in [5.41, 5.74) is 0.428. The van der Waals surface area contributed by atoms with Crippen LogP contribution in [-0.2, 0) is 0 Å². The van der Waals surface area contributed by atoms with Crippen molar-refractivity contribution in [2.24, 2.45) is 5.41 Å². The third-order valence-electron chi connectivity index (χ3n) is 2.47. The minimum Gasteiger partial charge on any atom is -0.299 e. The van der Waals surface area contributed by atoms with Crippen LogP contribution >= 0.6 is 11.8 Å². The zero-order valence-corrected chi connectivity index (χ0v) is 10.4. The van der Waals surface area contributed by atoms with Crippen LogP contribution in [0.1, 0.15) is 47.5 Å². The monoisotopic (exact) mass is 201 g/mol. The maximum absolute atomic E-state index is 3.74. The molecule has 1 aliphatic heterocycles. The van der Waals surface area contributed by atoms with Gasteiger partial charge in [-0.2, -0.15) is 0 Å². The van der Waals surface area contributed by atoms with E-state index >= 15 is 0 Å². The maximum atomic E-state index is 3.74. The lowest BCUT2D eigenvalue weighted by Gasteiger charge is -2.32. The average molecular weight is 201 g/mol. The first-order chi connectivity index (χ1) is 5.85. The van der Waals surface area contributed by atoms with E-state index in [1.807, 2.05) is 0 Å². The molecule has 1 rings (SSSR count). The molecule has 1 fully saturated rings. The second kappa shape index (κ2) is 3.82. The van der Waals surface area contributed by atoms with Gasteiger partial charge >= 0.3 is 0 Å². The van der Waals surface area contributed by atoms with Gasteiger partial charge in [0, 0.05) is 11.8 Å². The molecule has 13 heavy (non-hydrogen) atoms. The Kier molecular flexibility index (Phi) is 3.34. The lowest BCUT2D eigenvalue weighted by Crippen LogP contribution is -2.41. The average Bonchev–Trinajstić information content (AvgIpc) is 2.27. The van der Waals surface area contributed by atoms with Gasteiger partial charge in [-0.25, -0.2) is 0 Å². The van der Waals surface area contributed by atoms with Crippen LogP contribution in [0, 0.1) is 5.41 Å². The van der Waals surface area contributed by atoms with Crippen molar-refractivity contribution in [3.63, 3.8) is 0 Å². The molecule has 1 saturated heterocycles. The Hall–Kier alpha value is 0.310. The van der Waals surface area contributed by atoms with Crippen LogP contribution in [0.4, 0.5) is 0 Å². The van der Waals surface area contributed by atoms with Crippen molar-refractivity contribution in [1.29, 1.82) is 0 Å². The fourth-order valence-electron chi connectivity index (χ4n) is 2.13. The lowest BCUT2D eigenvalue weighted by molar-refractivity contribution is 0.293. The maximum Gasteiger partial charge on any atom is 0.0624 e. The SMILES string of the molecule is CCC1CSC(C)(CC(C)(C)C)N1. The predicted octanol–water partition coefficient (Wildman–Crippen LogP) is 3.25. The van der Waals surface area contributed by atoms with Crippen molar-refractivity contribution in [1.82, 2.24) is 5.32 Å². The Morgan fingerprint density at radius 2 is 2.08 bits per heavy atom. The zero-order valence-electron chi connectivity index (χ0n) is 9.61. The van der Waals surface area contributed by atoms with Gasteiger partial charge in [0.15, 0.2) is 0 Å². The first-order valence-corrected chi connectivity index (χ1v) is 6.25. The Labute approximate surface area is 87.1 Å². The van der Waals surface area contributed by atoms with Crippen LogP contribution in [-0.4, -0.2) is 16.7 Å². The predicted molar refractivity (Wildman–Crippen MR) is 62.1 cm³/mol.